The van der Waals surface area contributed by atoms with Gasteiger partial charge in [-0.15, -0.1) is 6.58 Å². The summed E-state index contributed by atoms with van der Waals surface area (Å²) in [6, 6.07) is 0. The SMILES string of the molecule is C=CCCCCCOC1CNC1. The van der Waals surface area contributed by atoms with Gasteiger partial charge in [0.1, 0.15) is 0 Å². The summed E-state index contributed by atoms with van der Waals surface area (Å²) in [5, 5.41) is 3.18. The van der Waals surface area contributed by atoms with Gasteiger partial charge in [-0.25, -0.2) is 0 Å². The summed E-state index contributed by atoms with van der Waals surface area (Å²) < 4.78 is 5.57. The zero-order valence-corrected chi connectivity index (χ0v) is 7.72. The van der Waals surface area contributed by atoms with Crippen molar-refractivity contribution in [2.45, 2.75) is 31.8 Å². The molecule has 0 atom stereocenters. The number of nitrogens with one attached hydrogen (secondary N) is 1. The molecule has 0 radical (unpaired) electrons. The molecule has 0 aromatic carbocycles. The maximum atomic E-state index is 5.57. The van der Waals surface area contributed by atoms with E-state index in [2.05, 4.69) is 11.9 Å². The molecule has 1 saturated heterocycles. The maximum Gasteiger partial charge on any atom is 0.0823 e. The van der Waals surface area contributed by atoms with Crippen molar-refractivity contribution in [3.8, 4) is 0 Å². The molecule has 0 aromatic heterocycles. The van der Waals surface area contributed by atoms with E-state index in [1.54, 1.807) is 0 Å². The molecule has 0 amide bonds. The van der Waals surface area contributed by atoms with Crippen molar-refractivity contribution in [3.05, 3.63) is 12.7 Å². The fourth-order valence-corrected chi connectivity index (χ4v) is 1.20. The number of rotatable bonds is 7. The van der Waals surface area contributed by atoms with Gasteiger partial charge in [-0.1, -0.05) is 12.5 Å². The van der Waals surface area contributed by atoms with Crippen molar-refractivity contribution in [2.75, 3.05) is 19.7 Å². The van der Waals surface area contributed by atoms with Crippen molar-refractivity contribution in [3.63, 3.8) is 0 Å². The van der Waals surface area contributed by atoms with E-state index in [4.69, 9.17) is 4.74 Å². The van der Waals surface area contributed by atoms with Crippen LogP contribution < -0.4 is 5.32 Å². The molecule has 2 heteroatoms. The first kappa shape index (κ1) is 9.75. The average Bonchev–Trinajstić information content (AvgIpc) is 2.00. The molecule has 1 aliphatic heterocycles. The Hall–Kier alpha value is -0.340. The first-order valence-corrected chi connectivity index (χ1v) is 4.86. The van der Waals surface area contributed by atoms with E-state index < -0.39 is 0 Å². The minimum absolute atomic E-state index is 0.504. The predicted molar refractivity (Wildman–Crippen MR) is 51.3 cm³/mol. The summed E-state index contributed by atoms with van der Waals surface area (Å²) >= 11 is 0. The first-order valence-electron chi connectivity index (χ1n) is 4.86. The van der Waals surface area contributed by atoms with Gasteiger partial charge in [0, 0.05) is 19.7 Å². The van der Waals surface area contributed by atoms with Gasteiger partial charge in [-0.3, -0.25) is 0 Å². The lowest BCUT2D eigenvalue weighted by Gasteiger charge is -2.27. The van der Waals surface area contributed by atoms with E-state index in [0.717, 1.165) is 26.1 Å². The van der Waals surface area contributed by atoms with E-state index in [9.17, 15) is 0 Å². The average molecular weight is 169 g/mol. The van der Waals surface area contributed by atoms with Crippen LogP contribution in [0.2, 0.25) is 0 Å². The number of hydrogen-bond acceptors (Lipinski definition) is 2. The Kier molecular flexibility index (Phi) is 5.04. The summed E-state index contributed by atoms with van der Waals surface area (Å²) in [6.45, 7) is 6.72. The Morgan fingerprint density at radius 3 is 2.75 bits per heavy atom. The minimum atomic E-state index is 0.504. The van der Waals surface area contributed by atoms with E-state index in [-0.39, 0.29) is 0 Å². The first-order chi connectivity index (χ1) is 5.93. The van der Waals surface area contributed by atoms with Gasteiger partial charge in [0.15, 0.2) is 0 Å². The summed E-state index contributed by atoms with van der Waals surface area (Å²) in [7, 11) is 0. The van der Waals surface area contributed by atoms with Crippen LogP contribution in [0.25, 0.3) is 0 Å². The normalized spacial score (nSPS) is 17.3. The van der Waals surface area contributed by atoms with E-state index >= 15 is 0 Å². The Bertz CT molecular complexity index is 121. The zero-order valence-electron chi connectivity index (χ0n) is 7.72. The second kappa shape index (κ2) is 6.21. The Labute approximate surface area is 75.0 Å². The molecule has 0 bridgehead atoms. The molecule has 1 N–H and O–H groups in total. The third-order valence-corrected chi connectivity index (χ3v) is 2.15. The Balaban J connectivity index is 1.73. The molecular formula is C10H19NO. The van der Waals surface area contributed by atoms with Gasteiger partial charge in [-0.2, -0.15) is 0 Å². The molecule has 0 saturated carbocycles. The van der Waals surface area contributed by atoms with Crippen molar-refractivity contribution in [1.29, 1.82) is 0 Å². The molecule has 70 valence electrons. The lowest BCUT2D eigenvalue weighted by Crippen LogP contribution is -2.48. The van der Waals surface area contributed by atoms with Crippen molar-refractivity contribution >= 4 is 0 Å². The van der Waals surface area contributed by atoms with Gasteiger partial charge >= 0.3 is 0 Å². The standard InChI is InChI=1S/C10H19NO/c1-2-3-4-5-6-7-12-10-8-11-9-10/h2,10-11H,1,3-9H2. The minimum Gasteiger partial charge on any atom is -0.376 e. The lowest BCUT2D eigenvalue weighted by atomic mass is 10.2. The molecule has 1 fully saturated rings. The van der Waals surface area contributed by atoms with Crippen LogP contribution in [0.15, 0.2) is 12.7 Å². The highest BCUT2D eigenvalue weighted by Crippen LogP contribution is 2.03. The van der Waals surface area contributed by atoms with Crippen LogP contribution in [0.3, 0.4) is 0 Å². The molecule has 2 nitrogen and oxygen atoms in total. The highest BCUT2D eigenvalue weighted by molar-refractivity contribution is 4.74. The largest absolute Gasteiger partial charge is 0.376 e. The molecule has 0 aromatic rings. The molecule has 1 heterocycles. The molecular weight excluding hydrogens is 150 g/mol. The van der Waals surface area contributed by atoms with Gasteiger partial charge in [-0.05, 0) is 19.3 Å². The van der Waals surface area contributed by atoms with Crippen LogP contribution in [0.5, 0.6) is 0 Å². The van der Waals surface area contributed by atoms with Crippen LogP contribution in [-0.2, 0) is 4.74 Å². The molecule has 12 heavy (non-hydrogen) atoms. The van der Waals surface area contributed by atoms with E-state index in [1.807, 2.05) is 6.08 Å². The fourth-order valence-electron chi connectivity index (χ4n) is 1.20. The molecule has 0 aliphatic carbocycles. The number of ether oxygens (including phenoxy) is 1. The number of allylic oxidation sites excluding steroid dienone is 1. The molecule has 0 spiro atoms. The monoisotopic (exact) mass is 169 g/mol. The number of unbranched alkanes of at least 4 members (excludes halogenated alkanes) is 3. The highest BCUT2D eigenvalue weighted by atomic mass is 16.5. The van der Waals surface area contributed by atoms with Crippen molar-refractivity contribution in [2.24, 2.45) is 0 Å². The summed E-state index contributed by atoms with van der Waals surface area (Å²) in [5.41, 5.74) is 0. The summed E-state index contributed by atoms with van der Waals surface area (Å²) in [4.78, 5) is 0. The van der Waals surface area contributed by atoms with Gasteiger partial charge in [0.2, 0.25) is 0 Å². The summed E-state index contributed by atoms with van der Waals surface area (Å²) in [6.07, 6.45) is 7.36. The Morgan fingerprint density at radius 1 is 1.33 bits per heavy atom. The summed E-state index contributed by atoms with van der Waals surface area (Å²) in [5.74, 6) is 0. The van der Waals surface area contributed by atoms with Crippen molar-refractivity contribution in [1.82, 2.24) is 5.32 Å². The topological polar surface area (TPSA) is 21.3 Å². The fraction of sp³-hybridized carbons (Fsp3) is 0.800. The van der Waals surface area contributed by atoms with E-state index in [0.29, 0.717) is 6.10 Å². The molecule has 1 rings (SSSR count). The van der Waals surface area contributed by atoms with Crippen LogP contribution in [0.4, 0.5) is 0 Å². The van der Waals surface area contributed by atoms with Crippen molar-refractivity contribution < 1.29 is 4.74 Å². The van der Waals surface area contributed by atoms with Gasteiger partial charge in [0.25, 0.3) is 0 Å². The predicted octanol–water partition coefficient (Wildman–Crippen LogP) is 1.72. The van der Waals surface area contributed by atoms with Crippen LogP contribution in [0.1, 0.15) is 25.7 Å². The van der Waals surface area contributed by atoms with Crippen LogP contribution in [0, 0.1) is 0 Å². The zero-order chi connectivity index (χ0) is 8.65. The highest BCUT2D eigenvalue weighted by Gasteiger charge is 2.15. The second-order valence-corrected chi connectivity index (χ2v) is 3.29. The quantitative estimate of drug-likeness (QED) is 0.463. The third-order valence-electron chi connectivity index (χ3n) is 2.15. The number of hydrogen-bond donors (Lipinski definition) is 1. The van der Waals surface area contributed by atoms with Gasteiger partial charge in [0.05, 0.1) is 6.10 Å². The third kappa shape index (κ3) is 3.88. The second-order valence-electron chi connectivity index (χ2n) is 3.29. The molecule has 1 aliphatic rings. The lowest BCUT2D eigenvalue weighted by molar-refractivity contribution is 0.0170. The maximum absolute atomic E-state index is 5.57. The van der Waals surface area contributed by atoms with Crippen LogP contribution in [-0.4, -0.2) is 25.8 Å². The van der Waals surface area contributed by atoms with Gasteiger partial charge < -0.3 is 10.1 Å². The van der Waals surface area contributed by atoms with Crippen LogP contribution >= 0.6 is 0 Å². The molecule has 0 unspecified atom stereocenters. The Morgan fingerprint density at radius 2 is 2.17 bits per heavy atom. The smallest absolute Gasteiger partial charge is 0.0823 e. The van der Waals surface area contributed by atoms with E-state index in [1.165, 1.54) is 19.3 Å².